The molecule has 1 aliphatic heterocycles. The first-order chi connectivity index (χ1) is 17.1. The predicted octanol–water partition coefficient (Wildman–Crippen LogP) is 4.86. The van der Waals surface area contributed by atoms with Crippen LogP contribution in [-0.2, 0) is 4.74 Å². The molecule has 7 heteroatoms. The number of aliphatic hydroxyl groups excluding tert-OH is 3. The summed E-state index contributed by atoms with van der Waals surface area (Å²) in [5.41, 5.74) is 0.915. The van der Waals surface area contributed by atoms with Gasteiger partial charge in [0.2, 0.25) is 6.35 Å². The third kappa shape index (κ3) is 4.07. The summed E-state index contributed by atoms with van der Waals surface area (Å²) < 4.78 is 6.28. The lowest BCUT2D eigenvalue weighted by atomic mass is 9.92. The van der Waals surface area contributed by atoms with E-state index in [0.29, 0.717) is 11.7 Å². The molecule has 3 aliphatic rings. The van der Waals surface area contributed by atoms with E-state index in [1.165, 1.54) is 12.2 Å². The van der Waals surface area contributed by atoms with Crippen LogP contribution in [-0.4, -0.2) is 45.6 Å². The summed E-state index contributed by atoms with van der Waals surface area (Å²) in [5, 5.41) is 38.7. The maximum atomic E-state index is 10.7. The van der Waals surface area contributed by atoms with Gasteiger partial charge in [-0.05, 0) is 46.5 Å². The molecule has 2 aliphatic carbocycles. The molecule has 0 radical (unpaired) electrons. The van der Waals surface area contributed by atoms with E-state index in [4.69, 9.17) is 9.73 Å². The number of hydrogen-bond acceptors (Lipinski definition) is 7. The highest BCUT2D eigenvalue weighted by Gasteiger charge is 2.35. The lowest BCUT2D eigenvalue weighted by Gasteiger charge is -2.30. The third-order valence-corrected chi connectivity index (χ3v) is 6.95. The van der Waals surface area contributed by atoms with E-state index in [0.717, 1.165) is 52.8 Å². The van der Waals surface area contributed by atoms with E-state index in [-0.39, 0.29) is 17.6 Å². The van der Waals surface area contributed by atoms with Crippen LogP contribution in [0.2, 0.25) is 0 Å². The number of allylic oxidation sites excluding steroid dienone is 1. The minimum atomic E-state index is -1.15. The van der Waals surface area contributed by atoms with Crippen molar-refractivity contribution < 1.29 is 20.1 Å². The monoisotopic (exact) mass is 469 g/mol. The number of rotatable bonds is 4. The lowest BCUT2D eigenvalue weighted by molar-refractivity contribution is 0.000734. The van der Waals surface area contributed by atoms with E-state index in [2.05, 4.69) is 40.6 Å². The van der Waals surface area contributed by atoms with Crippen molar-refractivity contribution in [3.63, 3.8) is 0 Å². The molecular weight excluding hydrogens is 442 g/mol. The van der Waals surface area contributed by atoms with Crippen molar-refractivity contribution >= 4 is 33.2 Å². The van der Waals surface area contributed by atoms with E-state index in [1.807, 2.05) is 24.3 Å². The van der Waals surface area contributed by atoms with Gasteiger partial charge in [-0.2, -0.15) is 0 Å². The van der Waals surface area contributed by atoms with Crippen molar-refractivity contribution in [2.45, 2.75) is 44.2 Å². The van der Waals surface area contributed by atoms with Gasteiger partial charge in [0.25, 0.3) is 0 Å². The van der Waals surface area contributed by atoms with Crippen LogP contribution in [0.3, 0.4) is 0 Å². The standard InChI is InChI=1S/C28H27N3O4/c32-18-14-22(33)25(23(34)15-18)27-29-26(30-28(31-27)35-19-9-3-4-10-19)24-20-11-5-1-7-16(20)13-17-8-2-6-12-21(17)24/h1-2,5-8,11-15,19,22,25,28,32-34H,3-4,9-10H2,(H,29,30,31). The quantitative estimate of drug-likeness (QED) is 0.409. The van der Waals surface area contributed by atoms with Crippen molar-refractivity contribution in [1.29, 1.82) is 0 Å². The number of ether oxygens (including phenoxy) is 1. The molecular formula is C28H27N3O4. The topological polar surface area (TPSA) is 107 Å². The molecule has 6 rings (SSSR count). The number of benzene rings is 3. The van der Waals surface area contributed by atoms with E-state index >= 15 is 0 Å². The second kappa shape index (κ2) is 8.83. The lowest BCUT2D eigenvalue weighted by Crippen LogP contribution is -2.46. The van der Waals surface area contributed by atoms with Crippen molar-refractivity contribution in [3.8, 4) is 0 Å². The molecule has 3 aromatic carbocycles. The molecule has 4 N–H and O–H groups in total. The summed E-state index contributed by atoms with van der Waals surface area (Å²) in [7, 11) is 0. The molecule has 0 aromatic heterocycles. The Morgan fingerprint density at radius 3 is 2.20 bits per heavy atom. The highest BCUT2D eigenvalue weighted by atomic mass is 16.5. The zero-order chi connectivity index (χ0) is 23.9. The first-order valence-corrected chi connectivity index (χ1v) is 12.0. The number of fused-ring (bicyclic) bond motifs is 2. The van der Waals surface area contributed by atoms with Gasteiger partial charge < -0.3 is 25.4 Å². The number of aliphatic imine (C=N–C) groups is 2. The van der Waals surface area contributed by atoms with Crippen LogP contribution in [0, 0.1) is 5.92 Å². The van der Waals surface area contributed by atoms with Gasteiger partial charge in [0.05, 0.1) is 12.2 Å². The normalized spacial score (nSPS) is 25.1. The van der Waals surface area contributed by atoms with Gasteiger partial charge in [-0.1, -0.05) is 61.4 Å². The fourth-order valence-electron chi connectivity index (χ4n) is 5.29. The molecule has 3 aromatic rings. The highest BCUT2D eigenvalue weighted by Crippen LogP contribution is 2.32. The molecule has 3 unspecified atom stereocenters. The maximum absolute atomic E-state index is 10.7. The molecule has 3 atom stereocenters. The molecule has 0 amide bonds. The van der Waals surface area contributed by atoms with Crippen LogP contribution in [0.4, 0.5) is 0 Å². The number of hydrogen-bond donors (Lipinski definition) is 4. The van der Waals surface area contributed by atoms with Crippen LogP contribution >= 0.6 is 0 Å². The van der Waals surface area contributed by atoms with E-state index in [1.54, 1.807) is 0 Å². The molecule has 35 heavy (non-hydrogen) atoms. The first-order valence-electron chi connectivity index (χ1n) is 12.0. The molecule has 1 heterocycles. The fraction of sp³-hybridized carbons (Fsp3) is 0.286. The average Bonchev–Trinajstić information content (AvgIpc) is 3.34. The van der Waals surface area contributed by atoms with E-state index in [9.17, 15) is 15.3 Å². The molecule has 7 nitrogen and oxygen atoms in total. The van der Waals surface area contributed by atoms with Gasteiger partial charge >= 0.3 is 0 Å². The molecule has 178 valence electrons. The van der Waals surface area contributed by atoms with Gasteiger partial charge in [0, 0.05) is 11.6 Å². The number of amidine groups is 2. The molecule has 0 saturated heterocycles. The fourth-order valence-corrected chi connectivity index (χ4v) is 5.29. The van der Waals surface area contributed by atoms with Crippen LogP contribution in [0.5, 0.6) is 0 Å². The van der Waals surface area contributed by atoms with Crippen molar-refractivity contribution in [2.24, 2.45) is 15.9 Å². The smallest absolute Gasteiger partial charge is 0.249 e. The summed E-state index contributed by atoms with van der Waals surface area (Å²) in [4.78, 5) is 9.53. The Morgan fingerprint density at radius 2 is 1.54 bits per heavy atom. The third-order valence-electron chi connectivity index (χ3n) is 6.95. The minimum absolute atomic E-state index is 0.0710. The van der Waals surface area contributed by atoms with Gasteiger partial charge in [-0.3, -0.25) is 0 Å². The van der Waals surface area contributed by atoms with Gasteiger partial charge in [-0.15, -0.1) is 0 Å². The summed E-state index contributed by atoms with van der Waals surface area (Å²) in [6, 6.07) is 18.4. The second-order valence-electron chi connectivity index (χ2n) is 9.31. The Bertz CT molecular complexity index is 1360. The second-order valence-corrected chi connectivity index (χ2v) is 9.31. The van der Waals surface area contributed by atoms with Crippen LogP contribution in [0.25, 0.3) is 21.5 Å². The number of nitrogens with one attached hydrogen (secondary N) is 1. The summed E-state index contributed by atoms with van der Waals surface area (Å²) in [5.74, 6) is -0.306. The predicted molar refractivity (Wildman–Crippen MR) is 137 cm³/mol. The maximum Gasteiger partial charge on any atom is 0.249 e. The van der Waals surface area contributed by atoms with Crippen molar-refractivity contribution in [3.05, 3.63) is 83.8 Å². The minimum Gasteiger partial charge on any atom is -0.511 e. The van der Waals surface area contributed by atoms with Crippen molar-refractivity contribution in [2.75, 3.05) is 0 Å². The van der Waals surface area contributed by atoms with Gasteiger partial charge in [-0.25, -0.2) is 9.98 Å². The highest BCUT2D eigenvalue weighted by molar-refractivity contribution is 6.24. The Hall–Kier alpha value is -3.68. The molecule has 0 spiro atoms. The Kier molecular flexibility index (Phi) is 5.51. The van der Waals surface area contributed by atoms with E-state index < -0.39 is 18.4 Å². The van der Waals surface area contributed by atoms with Gasteiger partial charge in [0.15, 0.2) is 0 Å². The molecule has 0 bridgehead atoms. The Balaban J connectivity index is 1.49. The molecule has 1 fully saturated rings. The zero-order valence-corrected chi connectivity index (χ0v) is 19.1. The summed E-state index contributed by atoms with van der Waals surface area (Å²) in [6.07, 6.45) is 4.80. The van der Waals surface area contributed by atoms with Crippen LogP contribution in [0.15, 0.2) is 88.3 Å². The number of nitrogens with zero attached hydrogens (tertiary/aromatic N) is 2. The largest absolute Gasteiger partial charge is 0.511 e. The van der Waals surface area contributed by atoms with Crippen LogP contribution < -0.4 is 5.32 Å². The summed E-state index contributed by atoms with van der Waals surface area (Å²) in [6.45, 7) is 0. The SMILES string of the molecule is OC1=CC(O)C(C2=NC(OC3CCCC3)N=C(c3c4ccccc4cc4ccccc34)N2)C(O)=C1. The molecule has 1 saturated carbocycles. The first kappa shape index (κ1) is 21.8. The Labute approximate surface area is 202 Å². The summed E-state index contributed by atoms with van der Waals surface area (Å²) >= 11 is 0. The Morgan fingerprint density at radius 1 is 0.886 bits per heavy atom. The number of aliphatic hydroxyl groups is 3. The van der Waals surface area contributed by atoms with Crippen LogP contribution in [0.1, 0.15) is 31.2 Å². The van der Waals surface area contributed by atoms with Crippen molar-refractivity contribution in [1.82, 2.24) is 5.32 Å². The van der Waals surface area contributed by atoms with Gasteiger partial charge in [0.1, 0.15) is 29.1 Å². The average molecular weight is 470 g/mol. The zero-order valence-electron chi connectivity index (χ0n) is 19.1.